The van der Waals surface area contributed by atoms with Crippen LogP contribution < -0.4 is 9.84 Å². The number of fused-ring (bicyclic) bond motifs is 1. The summed E-state index contributed by atoms with van der Waals surface area (Å²) in [5.41, 5.74) is 1.95. The summed E-state index contributed by atoms with van der Waals surface area (Å²) in [6.07, 6.45) is 1.44. The Morgan fingerprint density at radius 2 is 2.36 bits per heavy atom. The average molecular weight is 191 g/mol. The molecule has 74 valence electrons. The van der Waals surface area contributed by atoms with E-state index < -0.39 is 11.9 Å². The first kappa shape index (κ1) is 9.06. The standard InChI is InChI=1S/C11H12O3/c1-14-8-3-5-9-7(6-8)2-4-10(9)11(12)13/h3,5-6,10H,2,4H2,1H3,(H,12,13)/p-1/t10-/m1/s1. The molecule has 3 heteroatoms. The van der Waals surface area contributed by atoms with E-state index in [0.717, 1.165) is 23.3 Å². The van der Waals surface area contributed by atoms with Gasteiger partial charge >= 0.3 is 0 Å². The zero-order valence-corrected chi connectivity index (χ0v) is 7.95. The zero-order valence-electron chi connectivity index (χ0n) is 7.95. The number of hydrogen-bond donors (Lipinski definition) is 0. The molecule has 2 rings (SSSR count). The topological polar surface area (TPSA) is 49.4 Å². The number of rotatable bonds is 2. The lowest BCUT2D eigenvalue weighted by atomic mass is 10.0. The van der Waals surface area contributed by atoms with Crippen LogP contribution in [0.15, 0.2) is 18.2 Å². The summed E-state index contributed by atoms with van der Waals surface area (Å²) in [7, 11) is 1.60. The van der Waals surface area contributed by atoms with Gasteiger partial charge in [-0.05, 0) is 36.1 Å². The third kappa shape index (κ3) is 1.35. The molecule has 0 spiro atoms. The number of carbonyl (C=O) groups excluding carboxylic acids is 1. The van der Waals surface area contributed by atoms with E-state index in [1.54, 1.807) is 13.2 Å². The van der Waals surface area contributed by atoms with Gasteiger partial charge in [0.1, 0.15) is 5.75 Å². The average Bonchev–Trinajstić information content (AvgIpc) is 2.59. The van der Waals surface area contributed by atoms with Crippen molar-refractivity contribution in [3.63, 3.8) is 0 Å². The third-order valence-electron chi connectivity index (χ3n) is 2.71. The van der Waals surface area contributed by atoms with Gasteiger partial charge in [0.2, 0.25) is 0 Å². The molecule has 0 heterocycles. The minimum absolute atomic E-state index is 0.434. The second-order valence-corrected chi connectivity index (χ2v) is 3.48. The number of carboxylic acids is 1. The van der Waals surface area contributed by atoms with E-state index in [-0.39, 0.29) is 0 Å². The summed E-state index contributed by atoms with van der Waals surface area (Å²) in [5.74, 6) is -0.632. The van der Waals surface area contributed by atoms with Gasteiger partial charge in [-0.1, -0.05) is 6.07 Å². The molecule has 0 aromatic heterocycles. The molecular formula is C11H11O3-. The number of ether oxygens (including phenoxy) is 1. The van der Waals surface area contributed by atoms with Crippen molar-refractivity contribution in [1.82, 2.24) is 0 Å². The van der Waals surface area contributed by atoms with Crippen molar-refractivity contribution in [1.29, 1.82) is 0 Å². The van der Waals surface area contributed by atoms with Crippen LogP contribution in [0.1, 0.15) is 23.5 Å². The molecule has 1 aliphatic rings. The summed E-state index contributed by atoms with van der Waals surface area (Å²) >= 11 is 0. The number of methoxy groups -OCH3 is 1. The minimum Gasteiger partial charge on any atom is -0.549 e. The summed E-state index contributed by atoms with van der Waals surface area (Å²) in [6.45, 7) is 0. The molecule has 0 radical (unpaired) electrons. The summed E-state index contributed by atoms with van der Waals surface area (Å²) in [4.78, 5) is 10.8. The van der Waals surface area contributed by atoms with Crippen LogP contribution in [-0.2, 0) is 11.2 Å². The molecule has 1 aromatic rings. The number of carboxylic acid groups (broad SMARTS) is 1. The Morgan fingerprint density at radius 3 is 3.00 bits per heavy atom. The fraction of sp³-hybridized carbons (Fsp3) is 0.364. The molecule has 0 N–H and O–H groups in total. The predicted molar refractivity (Wildman–Crippen MR) is 49.1 cm³/mol. The van der Waals surface area contributed by atoms with Crippen molar-refractivity contribution in [2.75, 3.05) is 7.11 Å². The van der Waals surface area contributed by atoms with Gasteiger partial charge in [0.05, 0.1) is 7.11 Å². The van der Waals surface area contributed by atoms with Crippen molar-refractivity contribution >= 4 is 5.97 Å². The van der Waals surface area contributed by atoms with Crippen molar-refractivity contribution in [3.05, 3.63) is 29.3 Å². The van der Waals surface area contributed by atoms with E-state index in [4.69, 9.17) is 4.74 Å². The maximum absolute atomic E-state index is 10.8. The first-order valence-corrected chi connectivity index (χ1v) is 4.60. The molecule has 0 aliphatic heterocycles. The molecule has 14 heavy (non-hydrogen) atoms. The molecule has 0 saturated carbocycles. The van der Waals surface area contributed by atoms with Gasteiger partial charge in [-0.15, -0.1) is 0 Å². The Labute approximate surface area is 82.3 Å². The van der Waals surface area contributed by atoms with Crippen LogP contribution in [0, 0.1) is 0 Å². The third-order valence-corrected chi connectivity index (χ3v) is 2.71. The molecule has 1 aromatic carbocycles. The van der Waals surface area contributed by atoms with Gasteiger partial charge in [0, 0.05) is 11.9 Å². The van der Waals surface area contributed by atoms with Crippen LogP contribution >= 0.6 is 0 Å². The van der Waals surface area contributed by atoms with Crippen LogP contribution in [-0.4, -0.2) is 13.1 Å². The van der Waals surface area contributed by atoms with E-state index in [9.17, 15) is 9.90 Å². The highest BCUT2D eigenvalue weighted by molar-refractivity contribution is 5.76. The highest BCUT2D eigenvalue weighted by atomic mass is 16.5. The highest BCUT2D eigenvalue weighted by Gasteiger charge is 2.23. The largest absolute Gasteiger partial charge is 0.549 e. The Morgan fingerprint density at radius 1 is 1.57 bits per heavy atom. The van der Waals surface area contributed by atoms with Crippen LogP contribution in [0.3, 0.4) is 0 Å². The molecule has 0 unspecified atom stereocenters. The van der Waals surface area contributed by atoms with Crippen molar-refractivity contribution in [2.45, 2.75) is 18.8 Å². The molecule has 0 bridgehead atoms. The van der Waals surface area contributed by atoms with Crippen LogP contribution in [0.25, 0.3) is 0 Å². The number of aryl methyl sites for hydroxylation is 1. The quantitative estimate of drug-likeness (QED) is 0.683. The Kier molecular flexibility index (Phi) is 2.15. The van der Waals surface area contributed by atoms with E-state index in [1.807, 2.05) is 12.1 Å². The van der Waals surface area contributed by atoms with Crippen molar-refractivity contribution < 1.29 is 14.6 Å². The SMILES string of the molecule is COc1ccc2c(c1)CC[C@H]2C(=O)[O-]. The van der Waals surface area contributed by atoms with E-state index >= 15 is 0 Å². The zero-order chi connectivity index (χ0) is 10.1. The Balaban J connectivity index is 2.38. The molecule has 1 aliphatic carbocycles. The van der Waals surface area contributed by atoms with Gasteiger partial charge in [-0.25, -0.2) is 0 Å². The van der Waals surface area contributed by atoms with Crippen LogP contribution in [0.5, 0.6) is 5.75 Å². The normalized spacial score (nSPS) is 19.1. The highest BCUT2D eigenvalue weighted by Crippen LogP contribution is 2.34. The molecule has 3 nitrogen and oxygen atoms in total. The molecular weight excluding hydrogens is 180 g/mol. The molecule has 0 amide bonds. The van der Waals surface area contributed by atoms with Gasteiger partial charge < -0.3 is 14.6 Å². The Hall–Kier alpha value is -1.51. The maximum atomic E-state index is 10.8. The first-order chi connectivity index (χ1) is 6.72. The minimum atomic E-state index is -0.978. The van der Waals surface area contributed by atoms with Crippen LogP contribution in [0.4, 0.5) is 0 Å². The summed E-state index contributed by atoms with van der Waals surface area (Å²) < 4.78 is 5.07. The lowest BCUT2D eigenvalue weighted by molar-refractivity contribution is -0.307. The molecule has 0 fully saturated rings. The van der Waals surface area contributed by atoms with E-state index in [1.165, 1.54) is 0 Å². The second-order valence-electron chi connectivity index (χ2n) is 3.48. The smallest absolute Gasteiger partial charge is 0.119 e. The molecule has 0 saturated heterocycles. The summed E-state index contributed by atoms with van der Waals surface area (Å²) in [5, 5.41) is 10.8. The van der Waals surface area contributed by atoms with E-state index in [2.05, 4.69) is 0 Å². The Bertz CT molecular complexity index is 371. The number of hydrogen-bond acceptors (Lipinski definition) is 3. The predicted octanol–water partition coefficient (Wildman–Crippen LogP) is 0.475. The number of carbonyl (C=O) groups is 1. The summed E-state index contributed by atoms with van der Waals surface area (Å²) in [6, 6.07) is 5.51. The maximum Gasteiger partial charge on any atom is 0.119 e. The molecule has 1 atom stereocenters. The lowest BCUT2D eigenvalue weighted by Crippen LogP contribution is -2.28. The van der Waals surface area contributed by atoms with Crippen LogP contribution in [0.2, 0.25) is 0 Å². The van der Waals surface area contributed by atoms with Gasteiger partial charge in [0.25, 0.3) is 0 Å². The fourth-order valence-electron chi connectivity index (χ4n) is 1.97. The first-order valence-electron chi connectivity index (χ1n) is 4.60. The number of aliphatic carboxylic acids is 1. The van der Waals surface area contributed by atoms with E-state index in [0.29, 0.717) is 6.42 Å². The van der Waals surface area contributed by atoms with Gasteiger partial charge in [-0.2, -0.15) is 0 Å². The van der Waals surface area contributed by atoms with Crippen molar-refractivity contribution in [3.8, 4) is 5.75 Å². The lowest BCUT2D eigenvalue weighted by Gasteiger charge is -2.12. The van der Waals surface area contributed by atoms with Gasteiger partial charge in [-0.3, -0.25) is 0 Å². The second kappa shape index (κ2) is 3.33. The van der Waals surface area contributed by atoms with Gasteiger partial charge in [0.15, 0.2) is 0 Å². The number of benzene rings is 1. The van der Waals surface area contributed by atoms with Crippen molar-refractivity contribution in [2.24, 2.45) is 0 Å². The monoisotopic (exact) mass is 191 g/mol. The fourth-order valence-corrected chi connectivity index (χ4v) is 1.97.